The fraction of sp³-hybridized carbons (Fsp3) is 0.136. The lowest BCUT2D eigenvalue weighted by atomic mass is 10.2. The number of nitrogens with zero attached hydrogens (tertiary/aromatic N) is 2. The van der Waals surface area contributed by atoms with Crippen molar-refractivity contribution in [3.63, 3.8) is 0 Å². The second-order valence-corrected chi connectivity index (χ2v) is 10.5. The molecule has 2 aromatic carbocycles. The molecule has 0 spiro atoms. The van der Waals surface area contributed by atoms with Crippen LogP contribution in [-0.2, 0) is 19.6 Å². The minimum Gasteiger partial charge on any atom is -0.481 e. The van der Waals surface area contributed by atoms with Gasteiger partial charge in [0.1, 0.15) is 4.32 Å². The fourth-order valence-corrected chi connectivity index (χ4v) is 6.25. The number of para-hydroxylation sites is 1. The third kappa shape index (κ3) is 4.21. The van der Waals surface area contributed by atoms with Crippen LogP contribution in [-0.4, -0.2) is 45.1 Å². The predicted molar refractivity (Wildman–Crippen MR) is 128 cm³/mol. The van der Waals surface area contributed by atoms with Crippen molar-refractivity contribution >= 4 is 67.2 Å². The van der Waals surface area contributed by atoms with Gasteiger partial charge < -0.3 is 5.11 Å². The maximum absolute atomic E-state index is 13.5. The monoisotopic (exact) mass is 486 g/mol. The van der Waals surface area contributed by atoms with Crippen LogP contribution in [0.1, 0.15) is 18.5 Å². The first-order chi connectivity index (χ1) is 15.3. The molecule has 0 aliphatic carbocycles. The number of hydrogen-bond donors (Lipinski definition) is 1. The van der Waals surface area contributed by atoms with Gasteiger partial charge in [-0.2, -0.15) is 0 Å². The van der Waals surface area contributed by atoms with E-state index in [1.165, 1.54) is 27.1 Å². The molecule has 1 aliphatic heterocycles. The number of fused-ring (bicyclic) bond motifs is 1. The number of aliphatic carboxylic acids is 1. The number of carbonyl (C=O) groups is 2. The number of thioether (sulfide) groups is 1. The standard InChI is InChI=1S/C22H18N2O5S3/c25-20(26)11-6-12-23-21(27)19(31-22(23)30)14-16-13-15-7-4-5-10-18(15)24(16)32(28,29)17-8-2-1-3-9-17/h1-5,7-10,13-14H,6,11-12H2,(H,25,26). The highest BCUT2D eigenvalue weighted by atomic mass is 32.2. The first-order valence-electron chi connectivity index (χ1n) is 9.67. The zero-order chi connectivity index (χ0) is 22.9. The maximum atomic E-state index is 13.5. The zero-order valence-electron chi connectivity index (χ0n) is 16.7. The van der Waals surface area contributed by atoms with E-state index in [0.29, 0.717) is 15.5 Å². The molecule has 1 aromatic heterocycles. The minimum atomic E-state index is -3.92. The number of carboxylic acids is 1. The van der Waals surface area contributed by atoms with Crippen LogP contribution in [0.2, 0.25) is 0 Å². The predicted octanol–water partition coefficient (Wildman–Crippen LogP) is 3.94. The van der Waals surface area contributed by atoms with Gasteiger partial charge in [0.05, 0.1) is 21.0 Å². The van der Waals surface area contributed by atoms with Gasteiger partial charge in [-0.15, -0.1) is 0 Å². The summed E-state index contributed by atoms with van der Waals surface area (Å²) in [6.45, 7) is 0.194. The smallest absolute Gasteiger partial charge is 0.303 e. The van der Waals surface area contributed by atoms with E-state index in [2.05, 4.69) is 0 Å². The van der Waals surface area contributed by atoms with Crippen molar-refractivity contribution in [3.05, 3.63) is 71.3 Å². The molecule has 32 heavy (non-hydrogen) atoms. The number of amides is 1. The summed E-state index contributed by atoms with van der Waals surface area (Å²) < 4.78 is 28.5. The van der Waals surface area contributed by atoms with E-state index in [9.17, 15) is 18.0 Å². The molecule has 10 heteroatoms. The fourth-order valence-electron chi connectivity index (χ4n) is 3.43. The molecule has 7 nitrogen and oxygen atoms in total. The molecule has 1 fully saturated rings. The van der Waals surface area contributed by atoms with Crippen LogP contribution in [0, 0.1) is 0 Å². The molecule has 0 bridgehead atoms. The molecule has 1 saturated heterocycles. The lowest BCUT2D eigenvalue weighted by Crippen LogP contribution is -2.29. The summed E-state index contributed by atoms with van der Waals surface area (Å²) in [5.41, 5.74) is 0.834. The molecule has 2 heterocycles. The minimum absolute atomic E-state index is 0.0698. The normalized spacial score (nSPS) is 15.8. The molecule has 1 aliphatic rings. The van der Waals surface area contributed by atoms with Crippen molar-refractivity contribution in [2.75, 3.05) is 6.54 Å². The van der Waals surface area contributed by atoms with E-state index >= 15 is 0 Å². The number of benzene rings is 2. The number of hydrogen-bond acceptors (Lipinski definition) is 6. The number of thiocarbonyl (C=S) groups is 1. The number of carboxylic acid groups (broad SMARTS) is 1. The lowest BCUT2D eigenvalue weighted by molar-refractivity contribution is -0.137. The Morgan fingerprint density at radius 2 is 1.78 bits per heavy atom. The van der Waals surface area contributed by atoms with E-state index in [0.717, 1.165) is 17.1 Å². The Morgan fingerprint density at radius 3 is 2.50 bits per heavy atom. The van der Waals surface area contributed by atoms with Gasteiger partial charge in [-0.05, 0) is 36.8 Å². The van der Waals surface area contributed by atoms with Crippen molar-refractivity contribution in [2.45, 2.75) is 17.7 Å². The molecule has 0 unspecified atom stereocenters. The summed E-state index contributed by atoms with van der Waals surface area (Å²) in [7, 11) is -3.92. The first-order valence-corrected chi connectivity index (χ1v) is 12.3. The Bertz CT molecular complexity index is 1360. The summed E-state index contributed by atoms with van der Waals surface area (Å²) >= 11 is 6.37. The molecular formula is C22H18N2O5S3. The zero-order valence-corrected chi connectivity index (χ0v) is 19.1. The SMILES string of the molecule is O=C(O)CCCN1C(=O)C(=Cc2cc3ccccc3n2S(=O)(=O)c2ccccc2)SC1=S. The molecule has 0 radical (unpaired) electrons. The van der Waals surface area contributed by atoms with E-state index < -0.39 is 16.0 Å². The molecule has 1 amide bonds. The van der Waals surface area contributed by atoms with E-state index in [4.69, 9.17) is 17.3 Å². The van der Waals surface area contributed by atoms with Gasteiger partial charge in [0.25, 0.3) is 15.9 Å². The molecule has 0 atom stereocenters. The molecule has 1 N–H and O–H groups in total. The number of rotatable bonds is 7. The van der Waals surface area contributed by atoms with Crippen LogP contribution >= 0.6 is 24.0 Å². The molecule has 3 aromatic rings. The van der Waals surface area contributed by atoms with Gasteiger partial charge in [0, 0.05) is 18.4 Å². The van der Waals surface area contributed by atoms with Crippen molar-refractivity contribution in [2.24, 2.45) is 0 Å². The topological polar surface area (TPSA) is 96.7 Å². The molecular weight excluding hydrogens is 468 g/mol. The highest BCUT2D eigenvalue weighted by molar-refractivity contribution is 8.26. The summed E-state index contributed by atoms with van der Waals surface area (Å²) in [5, 5.41) is 9.54. The second kappa shape index (κ2) is 8.89. The van der Waals surface area contributed by atoms with Crippen LogP contribution in [0.4, 0.5) is 0 Å². The average Bonchev–Trinajstić information content (AvgIpc) is 3.26. The summed E-state index contributed by atoms with van der Waals surface area (Å²) in [4.78, 5) is 25.4. The van der Waals surface area contributed by atoms with Crippen LogP contribution in [0.5, 0.6) is 0 Å². The highest BCUT2D eigenvalue weighted by Crippen LogP contribution is 2.35. The lowest BCUT2D eigenvalue weighted by Gasteiger charge is -2.13. The molecule has 164 valence electrons. The van der Waals surface area contributed by atoms with Crippen LogP contribution in [0.25, 0.3) is 17.0 Å². The van der Waals surface area contributed by atoms with Gasteiger partial charge in [-0.1, -0.05) is 60.4 Å². The Labute approximate surface area is 194 Å². The second-order valence-electron chi connectivity index (χ2n) is 7.04. The number of carbonyl (C=O) groups excluding carboxylic acids is 1. The van der Waals surface area contributed by atoms with E-state index in [-0.39, 0.29) is 35.1 Å². The maximum Gasteiger partial charge on any atom is 0.303 e. The van der Waals surface area contributed by atoms with Gasteiger partial charge >= 0.3 is 5.97 Å². The first kappa shape index (κ1) is 22.3. The Balaban J connectivity index is 1.77. The third-order valence-electron chi connectivity index (χ3n) is 4.90. The largest absolute Gasteiger partial charge is 0.481 e. The van der Waals surface area contributed by atoms with Gasteiger partial charge in [-0.3, -0.25) is 14.5 Å². The summed E-state index contributed by atoms with van der Waals surface area (Å²) in [5.74, 6) is -1.30. The third-order valence-corrected chi connectivity index (χ3v) is 8.03. The van der Waals surface area contributed by atoms with E-state index in [1.54, 1.807) is 42.5 Å². The Kier molecular flexibility index (Phi) is 6.18. The van der Waals surface area contributed by atoms with Crippen LogP contribution in [0.15, 0.2) is 70.5 Å². The van der Waals surface area contributed by atoms with Crippen molar-refractivity contribution in [3.8, 4) is 0 Å². The van der Waals surface area contributed by atoms with Crippen LogP contribution in [0.3, 0.4) is 0 Å². The van der Waals surface area contributed by atoms with Gasteiger partial charge in [-0.25, -0.2) is 12.4 Å². The van der Waals surface area contributed by atoms with Crippen molar-refractivity contribution in [1.82, 2.24) is 8.87 Å². The van der Waals surface area contributed by atoms with Crippen LogP contribution < -0.4 is 0 Å². The average molecular weight is 487 g/mol. The highest BCUT2D eigenvalue weighted by Gasteiger charge is 2.32. The summed E-state index contributed by atoms with van der Waals surface area (Å²) in [6, 6.07) is 16.9. The van der Waals surface area contributed by atoms with E-state index in [1.807, 2.05) is 6.07 Å². The quantitative estimate of drug-likeness (QED) is 0.399. The number of aromatic nitrogens is 1. The molecule has 0 saturated carbocycles. The Morgan fingerprint density at radius 1 is 1.09 bits per heavy atom. The molecule has 4 rings (SSSR count). The van der Waals surface area contributed by atoms with Gasteiger partial charge in [0.2, 0.25) is 0 Å². The van der Waals surface area contributed by atoms with Gasteiger partial charge in [0.15, 0.2) is 0 Å². The Hall–Kier alpha value is -2.95. The summed E-state index contributed by atoms with van der Waals surface area (Å²) in [6.07, 6.45) is 1.73. The van der Waals surface area contributed by atoms with Crippen molar-refractivity contribution in [1.29, 1.82) is 0 Å². The van der Waals surface area contributed by atoms with Crippen molar-refractivity contribution < 1.29 is 23.1 Å².